The average molecular weight is 558 g/mol. The molecule has 3 heterocycles. The predicted molar refractivity (Wildman–Crippen MR) is 160 cm³/mol. The van der Waals surface area contributed by atoms with Gasteiger partial charge in [-0.2, -0.15) is 0 Å². The molecule has 0 saturated carbocycles. The summed E-state index contributed by atoms with van der Waals surface area (Å²) in [4.78, 5) is 17.6. The van der Waals surface area contributed by atoms with Gasteiger partial charge in [-0.1, -0.05) is 36.4 Å². The van der Waals surface area contributed by atoms with Gasteiger partial charge >= 0.3 is 0 Å². The van der Waals surface area contributed by atoms with Crippen molar-refractivity contribution in [2.45, 2.75) is 19.3 Å². The molecule has 2 N–H and O–H groups in total. The molecule has 0 spiro atoms. The van der Waals surface area contributed by atoms with Crippen LogP contribution in [0.2, 0.25) is 0 Å². The van der Waals surface area contributed by atoms with E-state index in [1.807, 2.05) is 72.9 Å². The van der Waals surface area contributed by atoms with E-state index in [9.17, 15) is 4.79 Å². The summed E-state index contributed by atoms with van der Waals surface area (Å²) in [6.45, 7) is 0.473. The van der Waals surface area contributed by atoms with Crippen LogP contribution in [-0.4, -0.2) is 34.8 Å². The third-order valence-corrected chi connectivity index (χ3v) is 7.57. The maximum Gasteiger partial charge on any atom is 0.253 e. The summed E-state index contributed by atoms with van der Waals surface area (Å²) < 4.78 is 16.9. The lowest BCUT2D eigenvalue weighted by atomic mass is 9.90. The number of benzene rings is 3. The van der Waals surface area contributed by atoms with Crippen molar-refractivity contribution in [3.8, 4) is 23.1 Å². The first-order valence-corrected chi connectivity index (χ1v) is 13.7. The number of allylic oxidation sites excluding steroid dienone is 2. The fourth-order valence-corrected chi connectivity index (χ4v) is 5.38. The number of rotatable bonds is 7. The van der Waals surface area contributed by atoms with Gasteiger partial charge in [0.25, 0.3) is 11.8 Å². The van der Waals surface area contributed by atoms with Crippen molar-refractivity contribution in [2.24, 2.45) is 0 Å². The highest BCUT2D eigenvalue weighted by molar-refractivity contribution is 6.09. The Morgan fingerprint density at radius 3 is 2.71 bits per heavy atom. The second-order valence-electron chi connectivity index (χ2n) is 10.1. The fraction of sp³-hybridized carbons (Fsp3) is 0.152. The summed E-state index contributed by atoms with van der Waals surface area (Å²) in [6, 6.07) is 22.0. The van der Waals surface area contributed by atoms with Crippen LogP contribution in [0.4, 0.5) is 11.4 Å². The van der Waals surface area contributed by atoms with Crippen LogP contribution in [0.25, 0.3) is 27.8 Å². The molecule has 0 atom stereocenters. The number of nitrogens with zero attached hydrogens (tertiary/aromatic N) is 3. The monoisotopic (exact) mass is 557 g/mol. The summed E-state index contributed by atoms with van der Waals surface area (Å²) >= 11 is 0. The van der Waals surface area contributed by atoms with Gasteiger partial charge in [0.1, 0.15) is 5.75 Å². The minimum atomic E-state index is -0.0929. The summed E-state index contributed by atoms with van der Waals surface area (Å²) in [5.74, 6) is 1.54. The number of fused-ring (bicyclic) bond motifs is 2. The molecule has 2 aromatic heterocycles. The number of methoxy groups -OCH3 is 1. The van der Waals surface area contributed by atoms with Crippen molar-refractivity contribution < 1.29 is 18.7 Å². The number of hydrogen-bond acceptors (Lipinski definition) is 8. The van der Waals surface area contributed by atoms with Gasteiger partial charge in [-0.3, -0.25) is 4.79 Å². The minimum absolute atomic E-state index is 0.0929. The van der Waals surface area contributed by atoms with E-state index in [0.29, 0.717) is 37.0 Å². The second-order valence-corrected chi connectivity index (χ2v) is 10.1. The van der Waals surface area contributed by atoms with Gasteiger partial charge in [-0.25, -0.2) is 4.98 Å². The molecule has 9 heteroatoms. The van der Waals surface area contributed by atoms with Crippen LogP contribution in [0.3, 0.4) is 0 Å². The molecule has 9 nitrogen and oxygen atoms in total. The van der Waals surface area contributed by atoms with Crippen molar-refractivity contribution in [1.29, 1.82) is 0 Å². The van der Waals surface area contributed by atoms with Crippen molar-refractivity contribution in [3.63, 3.8) is 0 Å². The molecule has 7 rings (SSSR count). The number of hydrogen-bond donors (Lipinski definition) is 2. The first kappa shape index (κ1) is 25.5. The highest BCUT2D eigenvalue weighted by Gasteiger charge is 2.25. The zero-order valence-corrected chi connectivity index (χ0v) is 22.9. The molecule has 1 aliphatic carbocycles. The quantitative estimate of drug-likeness (QED) is 0.236. The number of amides is 1. The first-order valence-electron chi connectivity index (χ1n) is 13.7. The number of anilines is 2. The first-order chi connectivity index (χ1) is 20.6. The van der Waals surface area contributed by atoms with Gasteiger partial charge in [-0.05, 0) is 65.3 Å². The Bertz CT molecular complexity index is 1880. The lowest BCUT2D eigenvalue weighted by Crippen LogP contribution is -2.17. The Balaban J connectivity index is 1.07. The van der Waals surface area contributed by atoms with Gasteiger partial charge < -0.3 is 24.5 Å². The molecular formula is C33H27N5O4. The standard InChI is InChI=1S/C33H27N5O4/c1-40-30-16-23(8-10-26(30)33-38-35-19-42-33)22-7-9-25-28(15-22)36-27-11-6-20(14-29(27)37-32(25)39)12-13-41-31-17-21-4-2-3-5-24(21)18-34-31/h2-6,8,10-11,14-19,36H,7,9,12-13H2,1H3,(H,37,39). The zero-order valence-electron chi connectivity index (χ0n) is 22.9. The van der Waals surface area contributed by atoms with Crippen LogP contribution in [0.15, 0.2) is 101 Å². The Kier molecular flexibility index (Phi) is 6.59. The highest BCUT2D eigenvalue weighted by Crippen LogP contribution is 2.38. The molecule has 1 aliphatic heterocycles. The molecular weight excluding hydrogens is 530 g/mol. The van der Waals surface area contributed by atoms with Crippen LogP contribution in [0.5, 0.6) is 11.6 Å². The Morgan fingerprint density at radius 1 is 0.952 bits per heavy atom. The largest absolute Gasteiger partial charge is 0.496 e. The van der Waals surface area contributed by atoms with E-state index in [2.05, 4.69) is 31.9 Å². The molecule has 208 valence electrons. The predicted octanol–water partition coefficient (Wildman–Crippen LogP) is 6.41. The van der Waals surface area contributed by atoms with Crippen molar-refractivity contribution in [2.75, 3.05) is 24.4 Å². The number of carbonyl (C=O) groups excluding carboxylic acids is 1. The van der Waals surface area contributed by atoms with E-state index in [1.165, 1.54) is 6.39 Å². The van der Waals surface area contributed by atoms with Gasteiger partial charge in [0.05, 0.1) is 30.7 Å². The molecule has 0 unspecified atom stereocenters. The third-order valence-electron chi connectivity index (χ3n) is 7.57. The van der Waals surface area contributed by atoms with Crippen LogP contribution in [0.1, 0.15) is 24.0 Å². The minimum Gasteiger partial charge on any atom is -0.496 e. The summed E-state index contributed by atoms with van der Waals surface area (Å²) in [5.41, 5.74) is 7.01. The van der Waals surface area contributed by atoms with E-state index in [0.717, 1.165) is 62.1 Å². The van der Waals surface area contributed by atoms with Gasteiger partial charge in [-0.15, -0.1) is 10.2 Å². The van der Waals surface area contributed by atoms with Gasteiger partial charge in [0.15, 0.2) is 0 Å². The lowest BCUT2D eigenvalue weighted by molar-refractivity contribution is -0.113. The molecule has 0 saturated heterocycles. The summed E-state index contributed by atoms with van der Waals surface area (Å²) in [5, 5.41) is 16.5. The molecule has 5 aromatic rings. The van der Waals surface area contributed by atoms with Crippen LogP contribution in [-0.2, 0) is 11.2 Å². The number of ether oxygens (including phenoxy) is 2. The van der Waals surface area contributed by atoms with E-state index in [1.54, 1.807) is 7.11 Å². The maximum absolute atomic E-state index is 13.2. The van der Waals surface area contributed by atoms with Gasteiger partial charge in [0.2, 0.25) is 12.3 Å². The molecule has 42 heavy (non-hydrogen) atoms. The van der Waals surface area contributed by atoms with E-state index >= 15 is 0 Å². The summed E-state index contributed by atoms with van der Waals surface area (Å²) in [7, 11) is 1.61. The number of nitrogens with one attached hydrogen (secondary N) is 2. The number of carbonyl (C=O) groups is 1. The van der Waals surface area contributed by atoms with Crippen molar-refractivity contribution in [3.05, 3.63) is 108 Å². The molecule has 0 bridgehead atoms. The Hall–Kier alpha value is -5.44. The van der Waals surface area contributed by atoms with Crippen molar-refractivity contribution in [1.82, 2.24) is 15.2 Å². The molecule has 2 aliphatic rings. The SMILES string of the molecule is COc1cc(C2=CC3=C(CC2)C(=O)Nc2cc(CCOc4cc5ccccc5cn4)ccc2N3)ccc1-c1nnco1. The zero-order chi connectivity index (χ0) is 28.5. The molecule has 1 amide bonds. The smallest absolute Gasteiger partial charge is 0.253 e. The Labute approximate surface area is 241 Å². The van der Waals surface area contributed by atoms with E-state index < -0.39 is 0 Å². The highest BCUT2D eigenvalue weighted by atomic mass is 16.5. The van der Waals surface area contributed by atoms with E-state index in [-0.39, 0.29) is 5.91 Å². The van der Waals surface area contributed by atoms with Crippen LogP contribution < -0.4 is 20.1 Å². The number of pyridine rings is 1. The third kappa shape index (κ3) is 4.96. The normalized spacial score (nSPS) is 14.3. The fourth-order valence-electron chi connectivity index (χ4n) is 5.38. The molecule has 0 radical (unpaired) electrons. The topological polar surface area (TPSA) is 111 Å². The average Bonchev–Trinajstić information content (AvgIpc) is 3.52. The van der Waals surface area contributed by atoms with Crippen LogP contribution >= 0.6 is 0 Å². The molecule has 3 aromatic carbocycles. The van der Waals surface area contributed by atoms with Crippen molar-refractivity contribution >= 4 is 33.6 Å². The van der Waals surface area contributed by atoms with Crippen LogP contribution in [0, 0.1) is 0 Å². The lowest BCUT2D eigenvalue weighted by Gasteiger charge is -2.19. The molecule has 0 fully saturated rings. The van der Waals surface area contributed by atoms with Gasteiger partial charge in [0, 0.05) is 35.3 Å². The second kappa shape index (κ2) is 10.9. The Morgan fingerprint density at radius 2 is 1.86 bits per heavy atom. The number of aromatic nitrogens is 3. The van der Waals surface area contributed by atoms with E-state index in [4.69, 9.17) is 13.9 Å². The summed E-state index contributed by atoms with van der Waals surface area (Å²) in [6.07, 6.45) is 7.18. The maximum atomic E-state index is 13.2.